The average molecular weight is 157 g/mol. The summed E-state index contributed by atoms with van der Waals surface area (Å²) < 4.78 is 4.85. The molecule has 0 bridgehead atoms. The van der Waals surface area contributed by atoms with Gasteiger partial charge < -0.3 is 4.74 Å². The van der Waals surface area contributed by atoms with Crippen LogP contribution in [0, 0.1) is 0 Å². The molecule has 0 aliphatic rings. The lowest BCUT2D eigenvalue weighted by Crippen LogP contribution is -1.84. The van der Waals surface area contributed by atoms with E-state index >= 15 is 0 Å². The van der Waals surface area contributed by atoms with Crippen molar-refractivity contribution in [3.63, 3.8) is 0 Å². The first-order valence-electron chi connectivity index (χ1n) is 2.80. The summed E-state index contributed by atoms with van der Waals surface area (Å²) in [6.07, 6.45) is 0. The molecule has 0 aliphatic heterocycles. The van der Waals surface area contributed by atoms with E-state index in [0.29, 0.717) is 10.8 Å². The van der Waals surface area contributed by atoms with Gasteiger partial charge in [-0.2, -0.15) is 0 Å². The molecule has 0 fully saturated rings. The molecule has 0 spiro atoms. The summed E-state index contributed by atoms with van der Waals surface area (Å²) in [4.78, 5) is 0. The Morgan fingerprint density at radius 3 is 2.70 bits per heavy atom. The van der Waals surface area contributed by atoms with E-state index in [1.165, 1.54) is 7.11 Å². The van der Waals surface area contributed by atoms with Gasteiger partial charge >= 0.3 is 0 Å². The number of methoxy groups -OCH3 is 1. The molecule has 53 valence electrons. The van der Waals surface area contributed by atoms with Gasteiger partial charge in [-0.1, -0.05) is 17.7 Å². The minimum Gasteiger partial charge on any atom is -0.494 e. The molecule has 0 aliphatic carbocycles. The highest BCUT2D eigenvalue weighted by Crippen LogP contribution is 2.29. The fourth-order valence-corrected chi connectivity index (χ4v) is 0.840. The largest absolute Gasteiger partial charge is 0.494 e. The third kappa shape index (κ3) is 1.16. The van der Waals surface area contributed by atoms with Gasteiger partial charge in [0.2, 0.25) is 0 Å². The summed E-state index contributed by atoms with van der Waals surface area (Å²) in [6.45, 7) is 0. The van der Waals surface area contributed by atoms with Gasteiger partial charge in [0.15, 0.2) is 0 Å². The van der Waals surface area contributed by atoms with Gasteiger partial charge in [0.25, 0.3) is 0 Å². The number of benzene rings is 1. The molecule has 0 unspecified atom stereocenters. The summed E-state index contributed by atoms with van der Waals surface area (Å²) in [6, 6.07) is 5.11. The Morgan fingerprint density at radius 2 is 2.20 bits per heavy atom. The lowest BCUT2D eigenvalue weighted by Gasteiger charge is -2.02. The van der Waals surface area contributed by atoms with Gasteiger partial charge in [0.05, 0.1) is 12.1 Å². The van der Waals surface area contributed by atoms with E-state index in [9.17, 15) is 0 Å². The van der Waals surface area contributed by atoms with E-state index in [1.54, 1.807) is 18.2 Å². The van der Waals surface area contributed by atoms with E-state index in [1.807, 2.05) is 0 Å². The monoisotopic (exact) mass is 156 g/mol. The molecule has 0 saturated heterocycles. The Bertz CT molecular complexity index is 237. The molecule has 1 rings (SSSR count). The highest BCUT2D eigenvalue weighted by atomic mass is 35.5. The first-order valence-corrected chi connectivity index (χ1v) is 3.17. The van der Waals surface area contributed by atoms with Gasteiger partial charge in [-0.05, 0) is 12.1 Å². The van der Waals surface area contributed by atoms with Gasteiger partial charge in [-0.15, -0.1) is 0 Å². The number of nitrogens with one attached hydrogen (secondary N) is 1. The normalized spacial score (nSPS) is 9.40. The molecule has 0 atom stereocenters. The lowest BCUT2D eigenvalue weighted by molar-refractivity contribution is 0.416. The number of hydrogen-bond donors (Lipinski definition) is 0. The first kappa shape index (κ1) is 7.22. The minimum atomic E-state index is 0.242. The van der Waals surface area contributed by atoms with E-state index in [4.69, 9.17) is 22.1 Å². The summed E-state index contributed by atoms with van der Waals surface area (Å²) in [5.41, 5.74) is 7.58. The van der Waals surface area contributed by atoms with Crippen LogP contribution in [0.25, 0.3) is 0 Å². The molecule has 1 radical (unpaired) electrons. The molecule has 0 heterocycles. The highest BCUT2D eigenvalue weighted by Gasteiger charge is 2.01. The van der Waals surface area contributed by atoms with Crippen LogP contribution in [-0.2, 0) is 0 Å². The molecule has 2 nitrogen and oxygen atoms in total. The molecule has 10 heavy (non-hydrogen) atoms. The molecular formula is C7H7ClNO. The van der Waals surface area contributed by atoms with E-state index in [0.717, 1.165) is 0 Å². The van der Waals surface area contributed by atoms with Crippen LogP contribution in [0.15, 0.2) is 18.2 Å². The Hall–Kier alpha value is -0.890. The third-order valence-electron chi connectivity index (χ3n) is 1.20. The molecule has 1 aromatic carbocycles. The molecule has 3 heteroatoms. The maximum Gasteiger partial charge on any atom is 0.145 e. The number of halogens is 1. The summed E-state index contributed by atoms with van der Waals surface area (Å²) in [7, 11) is 1.52. The predicted molar refractivity (Wildman–Crippen MR) is 40.8 cm³/mol. The van der Waals surface area contributed by atoms with Gasteiger partial charge in [0, 0.05) is 0 Å². The predicted octanol–water partition coefficient (Wildman–Crippen LogP) is 2.26. The molecule has 0 saturated carbocycles. The van der Waals surface area contributed by atoms with Crippen molar-refractivity contribution in [2.75, 3.05) is 7.11 Å². The van der Waals surface area contributed by atoms with Crippen LogP contribution >= 0.6 is 11.6 Å². The quantitative estimate of drug-likeness (QED) is 0.614. The van der Waals surface area contributed by atoms with Crippen molar-refractivity contribution in [2.45, 2.75) is 0 Å². The second-order valence-corrected chi connectivity index (χ2v) is 2.22. The van der Waals surface area contributed by atoms with Crippen LogP contribution in [0.1, 0.15) is 0 Å². The molecular weight excluding hydrogens is 150 g/mol. The Balaban J connectivity index is 3.14. The number of hydrogen-bond acceptors (Lipinski definition) is 1. The topological polar surface area (TPSA) is 33.0 Å². The number of rotatable bonds is 1. The first-order chi connectivity index (χ1) is 4.75. The summed E-state index contributed by atoms with van der Waals surface area (Å²) in [5.74, 6) is 0.507. The average Bonchev–Trinajstić information content (AvgIpc) is 1.95. The van der Waals surface area contributed by atoms with Crippen molar-refractivity contribution in [1.82, 2.24) is 5.73 Å². The van der Waals surface area contributed by atoms with Crippen LogP contribution in [0.2, 0.25) is 5.02 Å². The van der Waals surface area contributed by atoms with Gasteiger partial charge in [0.1, 0.15) is 11.4 Å². The zero-order chi connectivity index (χ0) is 7.56. The minimum absolute atomic E-state index is 0.242. The lowest BCUT2D eigenvalue weighted by atomic mass is 10.3. The Labute approximate surface area is 64.6 Å². The smallest absolute Gasteiger partial charge is 0.145 e. The number of ether oxygens (including phenoxy) is 1. The van der Waals surface area contributed by atoms with Crippen LogP contribution < -0.4 is 10.5 Å². The molecule has 1 aromatic rings. The van der Waals surface area contributed by atoms with Gasteiger partial charge in [-0.3, -0.25) is 5.73 Å². The molecule has 0 aromatic heterocycles. The van der Waals surface area contributed by atoms with Crippen molar-refractivity contribution in [3.8, 4) is 5.75 Å². The zero-order valence-electron chi connectivity index (χ0n) is 5.52. The van der Waals surface area contributed by atoms with E-state index in [2.05, 4.69) is 0 Å². The van der Waals surface area contributed by atoms with Crippen molar-refractivity contribution in [3.05, 3.63) is 23.2 Å². The molecule has 1 N–H and O–H groups in total. The Kier molecular flexibility index (Phi) is 2.02. The maximum absolute atomic E-state index is 7.34. The van der Waals surface area contributed by atoms with E-state index in [-0.39, 0.29) is 5.69 Å². The highest BCUT2D eigenvalue weighted by molar-refractivity contribution is 6.33. The summed E-state index contributed by atoms with van der Waals surface area (Å²) in [5, 5.41) is 0.416. The van der Waals surface area contributed by atoms with Crippen molar-refractivity contribution in [1.29, 1.82) is 0 Å². The zero-order valence-corrected chi connectivity index (χ0v) is 6.27. The second kappa shape index (κ2) is 2.80. The van der Waals surface area contributed by atoms with Gasteiger partial charge in [-0.25, -0.2) is 0 Å². The fraction of sp³-hybridized carbons (Fsp3) is 0.143. The second-order valence-electron chi connectivity index (χ2n) is 1.82. The van der Waals surface area contributed by atoms with Crippen molar-refractivity contribution >= 4 is 17.3 Å². The standard InChI is InChI=1S/C7H7ClNO/c1-10-6-4-2-3-5(8)7(6)9/h2-4,9H,1H3. The summed E-state index contributed by atoms with van der Waals surface area (Å²) >= 11 is 5.63. The van der Waals surface area contributed by atoms with Crippen LogP contribution in [0.4, 0.5) is 5.69 Å². The van der Waals surface area contributed by atoms with E-state index < -0.39 is 0 Å². The molecule has 0 amide bonds. The SMILES string of the molecule is COc1cccc(Cl)c1[NH]. The van der Waals surface area contributed by atoms with Crippen LogP contribution in [-0.4, -0.2) is 7.11 Å². The van der Waals surface area contributed by atoms with Crippen LogP contribution in [0.3, 0.4) is 0 Å². The fourth-order valence-electron chi connectivity index (χ4n) is 0.674. The van der Waals surface area contributed by atoms with Crippen molar-refractivity contribution < 1.29 is 4.74 Å². The third-order valence-corrected chi connectivity index (χ3v) is 1.51. The van der Waals surface area contributed by atoms with Crippen molar-refractivity contribution in [2.24, 2.45) is 0 Å². The maximum atomic E-state index is 7.34. The van der Waals surface area contributed by atoms with Crippen LogP contribution in [0.5, 0.6) is 5.75 Å². The Morgan fingerprint density at radius 1 is 1.50 bits per heavy atom.